The molecule has 0 amide bonds. The summed E-state index contributed by atoms with van der Waals surface area (Å²) in [6.07, 6.45) is 0. The van der Waals surface area contributed by atoms with Gasteiger partial charge in [-0.2, -0.15) is 0 Å². The highest BCUT2D eigenvalue weighted by Crippen LogP contribution is 2.22. The molecule has 0 aromatic heterocycles. The lowest BCUT2D eigenvalue weighted by atomic mass is 10.2. The second-order valence-electron chi connectivity index (χ2n) is 4.01. The smallest absolute Gasteiger partial charge is 0.189 e. The zero-order chi connectivity index (χ0) is 13.5. The normalized spacial score (nSPS) is 10.4. The van der Waals surface area contributed by atoms with Crippen LogP contribution in [-0.4, -0.2) is 11.9 Å². The summed E-state index contributed by atoms with van der Waals surface area (Å²) < 4.78 is 11.8. The van der Waals surface area contributed by atoms with Gasteiger partial charge in [-0.25, -0.2) is 0 Å². The highest BCUT2D eigenvalue weighted by Gasteiger charge is 2.01. The molecule has 0 aliphatic rings. The Balaban J connectivity index is 1.80. The van der Waals surface area contributed by atoms with Crippen LogP contribution in [-0.2, 0) is 18.0 Å². The molecule has 0 spiro atoms. The van der Waals surface area contributed by atoms with Gasteiger partial charge in [-0.3, -0.25) is 0 Å². The van der Waals surface area contributed by atoms with E-state index < -0.39 is 0 Å². The lowest BCUT2D eigenvalue weighted by molar-refractivity contribution is 0.00495. The first-order valence-corrected chi connectivity index (χ1v) is 6.72. The predicted molar refractivity (Wildman–Crippen MR) is 76.8 cm³/mol. The molecular weight excluding hydrogens is 308 g/mol. The van der Waals surface area contributed by atoms with Crippen LogP contribution in [0.4, 0.5) is 0 Å². The zero-order valence-corrected chi connectivity index (χ0v) is 12.0. The van der Waals surface area contributed by atoms with E-state index in [-0.39, 0.29) is 13.4 Å². The molecule has 0 bridgehead atoms. The minimum absolute atomic E-state index is 0.0251. The van der Waals surface area contributed by atoms with Crippen LogP contribution < -0.4 is 4.74 Å². The maximum Gasteiger partial charge on any atom is 0.189 e. The van der Waals surface area contributed by atoms with Gasteiger partial charge in [0.25, 0.3) is 0 Å². The van der Waals surface area contributed by atoms with Crippen molar-refractivity contribution in [2.75, 3.05) is 6.79 Å². The molecule has 19 heavy (non-hydrogen) atoms. The van der Waals surface area contributed by atoms with E-state index in [1.165, 1.54) is 0 Å². The number of hydrogen-bond donors (Lipinski definition) is 1. The Hall–Kier alpha value is -1.36. The summed E-state index contributed by atoms with van der Waals surface area (Å²) in [5.41, 5.74) is 1.90. The summed E-state index contributed by atoms with van der Waals surface area (Å²) in [5.74, 6) is 0.681. The van der Waals surface area contributed by atoms with Crippen molar-refractivity contribution in [3.63, 3.8) is 0 Å². The second kappa shape index (κ2) is 7.28. The third-order valence-electron chi connectivity index (χ3n) is 2.61. The van der Waals surface area contributed by atoms with Crippen molar-refractivity contribution in [1.82, 2.24) is 0 Å². The van der Waals surface area contributed by atoms with Gasteiger partial charge in [0.05, 0.1) is 13.2 Å². The Morgan fingerprint density at radius 2 is 1.84 bits per heavy atom. The molecule has 100 valence electrons. The molecule has 3 nitrogen and oxygen atoms in total. The molecule has 2 aromatic carbocycles. The summed E-state index contributed by atoms with van der Waals surface area (Å²) in [5, 5.41) is 9.15. The van der Waals surface area contributed by atoms with E-state index >= 15 is 0 Å². The standard InChI is InChI=1S/C15H15BrO3/c16-15-7-6-14(8-13(15)9-17)19-11-18-10-12-4-2-1-3-5-12/h1-8,17H,9-11H2. The topological polar surface area (TPSA) is 38.7 Å². The van der Waals surface area contributed by atoms with Crippen molar-refractivity contribution in [1.29, 1.82) is 0 Å². The zero-order valence-electron chi connectivity index (χ0n) is 10.4. The van der Waals surface area contributed by atoms with Gasteiger partial charge in [-0.1, -0.05) is 46.3 Å². The molecule has 0 fully saturated rings. The Kier molecular flexibility index (Phi) is 5.39. The molecular formula is C15H15BrO3. The summed E-state index contributed by atoms with van der Waals surface area (Å²) in [4.78, 5) is 0. The largest absolute Gasteiger partial charge is 0.468 e. The maximum atomic E-state index is 9.15. The summed E-state index contributed by atoms with van der Waals surface area (Å²) >= 11 is 3.36. The van der Waals surface area contributed by atoms with E-state index in [0.717, 1.165) is 15.6 Å². The lowest BCUT2D eigenvalue weighted by Crippen LogP contribution is -2.03. The molecule has 0 aliphatic heterocycles. The number of rotatable bonds is 6. The van der Waals surface area contributed by atoms with Gasteiger partial charge in [0, 0.05) is 4.47 Å². The minimum Gasteiger partial charge on any atom is -0.468 e. The summed E-state index contributed by atoms with van der Waals surface area (Å²) in [6, 6.07) is 15.4. The van der Waals surface area contributed by atoms with Crippen molar-refractivity contribution >= 4 is 15.9 Å². The fraction of sp³-hybridized carbons (Fsp3) is 0.200. The predicted octanol–water partition coefficient (Wildman–Crippen LogP) is 3.49. The van der Waals surface area contributed by atoms with E-state index in [9.17, 15) is 0 Å². The molecule has 2 aromatic rings. The van der Waals surface area contributed by atoms with Crippen LogP contribution in [0.25, 0.3) is 0 Å². The van der Waals surface area contributed by atoms with Gasteiger partial charge < -0.3 is 14.6 Å². The quantitative estimate of drug-likeness (QED) is 0.653. The monoisotopic (exact) mass is 322 g/mol. The van der Waals surface area contributed by atoms with Crippen molar-refractivity contribution in [2.45, 2.75) is 13.2 Å². The van der Waals surface area contributed by atoms with Gasteiger partial charge in [0.15, 0.2) is 6.79 Å². The number of benzene rings is 2. The second-order valence-corrected chi connectivity index (χ2v) is 4.86. The maximum absolute atomic E-state index is 9.15. The third-order valence-corrected chi connectivity index (χ3v) is 3.38. The molecule has 0 heterocycles. The Morgan fingerprint density at radius 3 is 2.58 bits per heavy atom. The van der Waals surface area contributed by atoms with E-state index in [0.29, 0.717) is 12.4 Å². The lowest BCUT2D eigenvalue weighted by Gasteiger charge is -2.09. The molecule has 0 saturated heterocycles. The van der Waals surface area contributed by atoms with Crippen molar-refractivity contribution in [2.24, 2.45) is 0 Å². The Labute approximate surface area is 120 Å². The molecule has 0 atom stereocenters. The Morgan fingerprint density at radius 1 is 1.05 bits per heavy atom. The molecule has 0 radical (unpaired) electrons. The summed E-state index contributed by atoms with van der Waals surface area (Å²) in [7, 11) is 0. The van der Waals surface area contributed by atoms with E-state index in [1.807, 2.05) is 42.5 Å². The first kappa shape index (κ1) is 14.1. The van der Waals surface area contributed by atoms with E-state index in [1.54, 1.807) is 6.07 Å². The van der Waals surface area contributed by atoms with Crippen LogP contribution in [0.3, 0.4) is 0 Å². The first-order chi connectivity index (χ1) is 9.29. The van der Waals surface area contributed by atoms with E-state index in [2.05, 4.69) is 15.9 Å². The molecule has 2 rings (SSSR count). The van der Waals surface area contributed by atoms with Crippen molar-refractivity contribution < 1.29 is 14.6 Å². The molecule has 0 unspecified atom stereocenters. The van der Waals surface area contributed by atoms with Crippen LogP contribution in [0.5, 0.6) is 5.75 Å². The third kappa shape index (κ3) is 4.35. The van der Waals surface area contributed by atoms with E-state index in [4.69, 9.17) is 14.6 Å². The van der Waals surface area contributed by atoms with Crippen LogP contribution in [0, 0.1) is 0 Å². The van der Waals surface area contributed by atoms with Gasteiger partial charge >= 0.3 is 0 Å². The van der Waals surface area contributed by atoms with Crippen molar-refractivity contribution in [3.05, 3.63) is 64.1 Å². The van der Waals surface area contributed by atoms with Crippen molar-refractivity contribution in [3.8, 4) is 5.75 Å². The fourth-order valence-electron chi connectivity index (χ4n) is 1.61. The van der Waals surface area contributed by atoms with Crippen LogP contribution in [0.1, 0.15) is 11.1 Å². The van der Waals surface area contributed by atoms with Gasteiger partial charge in [0.2, 0.25) is 0 Å². The SMILES string of the molecule is OCc1cc(OCOCc2ccccc2)ccc1Br. The molecule has 0 aliphatic carbocycles. The molecule has 4 heteroatoms. The average molecular weight is 323 g/mol. The number of halogens is 1. The number of ether oxygens (including phenoxy) is 2. The van der Waals surface area contributed by atoms with Gasteiger partial charge in [0.1, 0.15) is 5.75 Å². The number of aliphatic hydroxyl groups is 1. The van der Waals surface area contributed by atoms with Crippen LogP contribution >= 0.6 is 15.9 Å². The van der Waals surface area contributed by atoms with Gasteiger partial charge in [-0.05, 0) is 29.3 Å². The Bertz CT molecular complexity index is 514. The fourth-order valence-corrected chi connectivity index (χ4v) is 1.98. The molecule has 0 saturated carbocycles. The van der Waals surface area contributed by atoms with Crippen LogP contribution in [0.15, 0.2) is 53.0 Å². The van der Waals surface area contributed by atoms with Crippen LogP contribution in [0.2, 0.25) is 0 Å². The minimum atomic E-state index is -0.0251. The number of hydrogen-bond acceptors (Lipinski definition) is 3. The number of aliphatic hydroxyl groups excluding tert-OH is 1. The highest BCUT2D eigenvalue weighted by atomic mass is 79.9. The average Bonchev–Trinajstić information content (AvgIpc) is 2.46. The van der Waals surface area contributed by atoms with Gasteiger partial charge in [-0.15, -0.1) is 0 Å². The summed E-state index contributed by atoms with van der Waals surface area (Å²) in [6.45, 7) is 0.675. The first-order valence-electron chi connectivity index (χ1n) is 5.93. The molecule has 1 N–H and O–H groups in total. The highest BCUT2D eigenvalue weighted by molar-refractivity contribution is 9.10.